The van der Waals surface area contributed by atoms with Crippen molar-refractivity contribution < 1.29 is 19.1 Å². The van der Waals surface area contributed by atoms with Crippen LogP contribution in [0.4, 0.5) is 5.82 Å². The molecule has 2 fully saturated rings. The van der Waals surface area contributed by atoms with Crippen molar-refractivity contribution in [1.82, 2.24) is 19.6 Å². The van der Waals surface area contributed by atoms with Crippen LogP contribution in [0.15, 0.2) is 34.1 Å². The van der Waals surface area contributed by atoms with Gasteiger partial charge in [0.05, 0.1) is 23.5 Å². The van der Waals surface area contributed by atoms with E-state index < -0.39 is 17.6 Å². The Morgan fingerprint density at radius 1 is 1.32 bits per heavy atom. The number of hydrogen-bond acceptors (Lipinski definition) is 9. The first-order chi connectivity index (χ1) is 17.7. The van der Waals surface area contributed by atoms with Gasteiger partial charge in [0, 0.05) is 25.8 Å². The first kappa shape index (κ1) is 26.8. The number of hydrogen-bond donors (Lipinski definition) is 1. The monoisotopic (exact) mass is 543 g/mol. The molecule has 2 aliphatic rings. The third-order valence-corrected chi connectivity index (χ3v) is 7.47. The quantitative estimate of drug-likeness (QED) is 0.304. The summed E-state index contributed by atoms with van der Waals surface area (Å²) in [6, 6.07) is 4.23. The maximum absolute atomic E-state index is 13.7. The van der Waals surface area contributed by atoms with Gasteiger partial charge in [0.1, 0.15) is 21.8 Å². The van der Waals surface area contributed by atoms with Gasteiger partial charge in [0.2, 0.25) is 5.91 Å². The van der Waals surface area contributed by atoms with Gasteiger partial charge in [-0.1, -0.05) is 43.9 Å². The number of carbonyl (C=O) groups excluding carboxylic acids is 3. The molecule has 0 spiro atoms. The largest absolute Gasteiger partial charge is 0.466 e. The van der Waals surface area contributed by atoms with Crippen molar-refractivity contribution in [3.63, 3.8) is 0 Å². The van der Waals surface area contributed by atoms with E-state index in [1.165, 1.54) is 10.5 Å². The van der Waals surface area contributed by atoms with Crippen LogP contribution in [0.3, 0.4) is 0 Å². The number of carbonyl (C=O) groups is 3. The number of piperazine rings is 1. The Hall–Kier alpha value is -3.25. The molecule has 1 N–H and O–H groups in total. The molecule has 12 heteroatoms. The van der Waals surface area contributed by atoms with Gasteiger partial charge in [0.15, 0.2) is 0 Å². The molecule has 4 rings (SSSR count). The highest BCUT2D eigenvalue weighted by Gasteiger charge is 2.36. The molecule has 0 radical (unpaired) electrons. The molecular weight excluding hydrogens is 514 g/mol. The van der Waals surface area contributed by atoms with E-state index in [9.17, 15) is 19.2 Å². The Kier molecular flexibility index (Phi) is 8.28. The van der Waals surface area contributed by atoms with Gasteiger partial charge in [-0.25, -0.2) is 4.98 Å². The van der Waals surface area contributed by atoms with E-state index >= 15 is 0 Å². The highest BCUT2D eigenvalue weighted by Crippen LogP contribution is 2.34. The van der Waals surface area contributed by atoms with Crippen molar-refractivity contribution in [3.05, 3.63) is 45.2 Å². The van der Waals surface area contributed by atoms with Crippen molar-refractivity contribution in [1.29, 1.82) is 0 Å². The zero-order valence-electron chi connectivity index (χ0n) is 20.9. The number of nitrogens with zero attached hydrogens (tertiary/aromatic N) is 4. The third kappa shape index (κ3) is 5.69. The molecule has 0 aromatic carbocycles. The Labute approximate surface area is 224 Å². The molecule has 2 amide bonds. The number of fused-ring (bicyclic) bond motifs is 1. The van der Waals surface area contributed by atoms with Crippen LogP contribution in [0.1, 0.15) is 39.2 Å². The number of anilines is 1. The predicted molar refractivity (Wildman–Crippen MR) is 146 cm³/mol. The lowest BCUT2D eigenvalue weighted by Gasteiger charge is -2.36. The SMILES string of the molecule is CCOC(=O)C[C@H]1C(=O)NCCN1c1nc2ccccn2c(=O)c1/C=C1\SC(=S)N(CCC(C)C)C1=O. The molecule has 0 unspecified atom stereocenters. The molecule has 0 bridgehead atoms. The number of pyridine rings is 1. The Bertz CT molecular complexity index is 1340. The Balaban J connectivity index is 1.81. The zero-order chi connectivity index (χ0) is 26.7. The summed E-state index contributed by atoms with van der Waals surface area (Å²) in [5.74, 6) is -0.525. The fraction of sp³-hybridized carbons (Fsp3) is 0.440. The predicted octanol–water partition coefficient (Wildman–Crippen LogP) is 2.20. The normalized spacial score (nSPS) is 19.3. The van der Waals surface area contributed by atoms with Gasteiger partial charge in [-0.2, -0.15) is 0 Å². The van der Waals surface area contributed by atoms with Crippen LogP contribution in [-0.4, -0.2) is 68.7 Å². The molecule has 2 saturated heterocycles. The fourth-order valence-electron chi connectivity index (χ4n) is 4.20. The molecular formula is C25H29N5O5S2. The van der Waals surface area contributed by atoms with Crippen LogP contribution < -0.4 is 15.8 Å². The summed E-state index contributed by atoms with van der Waals surface area (Å²) >= 11 is 6.59. The number of esters is 1. The van der Waals surface area contributed by atoms with Gasteiger partial charge >= 0.3 is 5.97 Å². The highest BCUT2D eigenvalue weighted by atomic mass is 32.2. The van der Waals surface area contributed by atoms with Gasteiger partial charge in [0.25, 0.3) is 11.5 Å². The Morgan fingerprint density at radius 3 is 2.84 bits per heavy atom. The first-order valence-corrected chi connectivity index (χ1v) is 13.4. The van der Waals surface area contributed by atoms with E-state index in [1.807, 2.05) is 0 Å². The van der Waals surface area contributed by atoms with E-state index in [1.54, 1.807) is 41.1 Å². The summed E-state index contributed by atoms with van der Waals surface area (Å²) in [6.45, 7) is 7.15. The minimum Gasteiger partial charge on any atom is -0.466 e. The lowest BCUT2D eigenvalue weighted by Crippen LogP contribution is -2.57. The zero-order valence-corrected chi connectivity index (χ0v) is 22.6. The van der Waals surface area contributed by atoms with E-state index in [0.29, 0.717) is 40.4 Å². The molecule has 10 nitrogen and oxygen atoms in total. The minimum atomic E-state index is -0.918. The summed E-state index contributed by atoms with van der Waals surface area (Å²) in [4.78, 5) is 60.2. The van der Waals surface area contributed by atoms with E-state index in [4.69, 9.17) is 21.9 Å². The summed E-state index contributed by atoms with van der Waals surface area (Å²) in [5.41, 5.74) is 0.135. The van der Waals surface area contributed by atoms with Gasteiger partial charge in [-0.15, -0.1) is 0 Å². The lowest BCUT2D eigenvalue weighted by molar-refractivity contribution is -0.145. The molecule has 0 saturated carbocycles. The number of aromatic nitrogens is 2. The van der Waals surface area contributed by atoms with Crippen molar-refractivity contribution in [2.24, 2.45) is 5.92 Å². The summed E-state index contributed by atoms with van der Waals surface area (Å²) in [7, 11) is 0. The second-order valence-corrected chi connectivity index (χ2v) is 10.8. The fourth-order valence-corrected chi connectivity index (χ4v) is 5.49. The molecule has 0 aliphatic carbocycles. The smallest absolute Gasteiger partial charge is 0.308 e. The van der Waals surface area contributed by atoms with Crippen LogP contribution in [-0.2, 0) is 19.1 Å². The standard InChI is InChI=1S/C25H29N5O5S2/c1-4-35-20(31)14-17-22(32)26-9-12-28(17)21-16(23(33)29-10-6-5-7-19(29)27-21)13-18-24(34)30(25(36)37-18)11-8-15(2)3/h5-7,10,13,15,17H,4,8-9,11-12,14H2,1-3H3,(H,26,32)/b18-13-/t17-/m0/s1. The molecule has 1 atom stereocenters. The van der Waals surface area contributed by atoms with E-state index in [-0.39, 0.29) is 36.2 Å². The number of nitrogens with one attached hydrogen (secondary N) is 1. The number of amides is 2. The number of thioether (sulfide) groups is 1. The van der Waals surface area contributed by atoms with Crippen LogP contribution in [0, 0.1) is 5.92 Å². The molecule has 2 aliphatic heterocycles. The summed E-state index contributed by atoms with van der Waals surface area (Å²) in [5, 5.41) is 2.77. The van der Waals surface area contributed by atoms with Gasteiger partial charge in [-0.05, 0) is 37.5 Å². The number of ether oxygens (including phenoxy) is 1. The van der Waals surface area contributed by atoms with Crippen molar-refractivity contribution in [3.8, 4) is 0 Å². The van der Waals surface area contributed by atoms with Crippen LogP contribution in [0.2, 0.25) is 0 Å². The van der Waals surface area contributed by atoms with Crippen LogP contribution in [0.25, 0.3) is 11.7 Å². The minimum absolute atomic E-state index is 0.150. The molecule has 4 heterocycles. The van der Waals surface area contributed by atoms with Crippen LogP contribution in [0.5, 0.6) is 0 Å². The maximum atomic E-state index is 13.7. The van der Waals surface area contributed by atoms with Crippen LogP contribution >= 0.6 is 24.0 Å². The molecule has 196 valence electrons. The molecule has 2 aromatic rings. The average Bonchev–Trinajstić information content (AvgIpc) is 3.12. The molecule has 37 heavy (non-hydrogen) atoms. The van der Waals surface area contributed by atoms with Gasteiger partial charge in [-0.3, -0.25) is 28.5 Å². The van der Waals surface area contributed by atoms with Crippen molar-refractivity contribution in [2.75, 3.05) is 31.1 Å². The van der Waals surface area contributed by atoms with Crippen molar-refractivity contribution in [2.45, 2.75) is 39.7 Å². The second kappa shape index (κ2) is 11.4. The number of thiocarbonyl (C=S) groups is 1. The first-order valence-electron chi connectivity index (χ1n) is 12.2. The third-order valence-electron chi connectivity index (χ3n) is 6.10. The highest BCUT2D eigenvalue weighted by molar-refractivity contribution is 8.26. The topological polar surface area (TPSA) is 113 Å². The van der Waals surface area contributed by atoms with Crippen molar-refractivity contribution >= 4 is 63.6 Å². The summed E-state index contributed by atoms with van der Waals surface area (Å²) < 4.78 is 6.90. The Morgan fingerprint density at radius 2 is 2.11 bits per heavy atom. The maximum Gasteiger partial charge on any atom is 0.308 e. The van der Waals surface area contributed by atoms with Gasteiger partial charge < -0.3 is 15.0 Å². The second-order valence-electron chi connectivity index (χ2n) is 9.11. The van der Waals surface area contributed by atoms with E-state index in [0.717, 1.165) is 18.2 Å². The molecule has 2 aromatic heterocycles. The lowest BCUT2D eigenvalue weighted by atomic mass is 10.1. The number of rotatable bonds is 8. The summed E-state index contributed by atoms with van der Waals surface area (Å²) in [6.07, 6.45) is 3.70. The van der Waals surface area contributed by atoms with E-state index in [2.05, 4.69) is 19.2 Å². The average molecular weight is 544 g/mol.